The number of anilines is 2. The Hall–Kier alpha value is -1.24. The van der Waals surface area contributed by atoms with Gasteiger partial charge in [0.2, 0.25) is 0 Å². The zero-order valence-corrected chi connectivity index (χ0v) is 9.78. The van der Waals surface area contributed by atoms with Gasteiger partial charge in [-0.05, 0) is 6.92 Å². The zero-order valence-electron chi connectivity index (χ0n) is 8.96. The third-order valence-corrected chi connectivity index (χ3v) is 3.38. The third kappa shape index (κ3) is 3.13. The van der Waals surface area contributed by atoms with Gasteiger partial charge in [-0.15, -0.1) is 0 Å². The highest BCUT2D eigenvalue weighted by Gasteiger charge is 2.11. The van der Waals surface area contributed by atoms with Crippen molar-refractivity contribution in [3.05, 3.63) is 17.7 Å². The fraction of sp³-hybridized carbons (Fsp3) is 0.444. The normalized spacial score (nSPS) is 14.5. The van der Waals surface area contributed by atoms with Gasteiger partial charge in [0, 0.05) is 34.9 Å². The van der Waals surface area contributed by atoms with Gasteiger partial charge < -0.3 is 11.1 Å². The van der Waals surface area contributed by atoms with Gasteiger partial charge in [0.25, 0.3) is 0 Å². The molecule has 3 N–H and O–H groups in total. The van der Waals surface area contributed by atoms with E-state index in [1.54, 1.807) is 13.2 Å². The fourth-order valence-electron chi connectivity index (χ4n) is 0.963. The number of nitrogen functional groups attached to an aromatic ring is 1. The smallest absolute Gasteiger partial charge is 0.168 e. The lowest BCUT2D eigenvalue weighted by molar-refractivity contribution is 0.579. The average molecular weight is 249 g/mol. The Kier molecular flexibility index (Phi) is 4.17. The van der Waals surface area contributed by atoms with Crippen molar-refractivity contribution in [2.75, 3.05) is 23.9 Å². The van der Waals surface area contributed by atoms with E-state index in [0.29, 0.717) is 6.07 Å². The summed E-state index contributed by atoms with van der Waals surface area (Å²) in [5.74, 6) is -2.21. The Bertz CT molecular complexity index is 414. The fourth-order valence-corrected chi connectivity index (χ4v) is 1.28. The van der Waals surface area contributed by atoms with E-state index in [9.17, 15) is 13.0 Å². The predicted molar refractivity (Wildman–Crippen MR) is 60.6 cm³/mol. The van der Waals surface area contributed by atoms with E-state index in [1.165, 1.54) is 0 Å². The molecule has 0 amide bonds. The minimum atomic E-state index is -1.02. The molecule has 0 spiro atoms. The van der Waals surface area contributed by atoms with Gasteiger partial charge in [-0.1, -0.05) is 0 Å². The molecule has 0 bridgehead atoms. The molecular weight excluding hydrogens is 236 g/mol. The van der Waals surface area contributed by atoms with E-state index in [4.69, 9.17) is 5.73 Å². The Morgan fingerprint density at radius 2 is 2.19 bits per heavy atom. The van der Waals surface area contributed by atoms with Gasteiger partial charge >= 0.3 is 0 Å². The summed E-state index contributed by atoms with van der Waals surface area (Å²) in [7, 11) is -1.02. The minimum absolute atomic E-state index is 0.129. The number of halogens is 2. The molecule has 0 radical (unpaired) electrons. The van der Waals surface area contributed by atoms with Crippen LogP contribution >= 0.6 is 0 Å². The predicted octanol–water partition coefficient (Wildman–Crippen LogP) is 1.12. The molecule has 0 fully saturated rings. The summed E-state index contributed by atoms with van der Waals surface area (Å²) in [6.45, 7) is 2.02. The average Bonchev–Trinajstić information content (AvgIpc) is 2.20. The van der Waals surface area contributed by atoms with Crippen LogP contribution in [-0.2, 0) is 10.8 Å². The standard InChI is InChI=1S/C9H13F2N3OS/c1-5(16(2)15)4-13-9-7(11)3-6(10)8(12)14-9/h3,5H,4H2,1-2H3,(H3,12,13,14). The summed E-state index contributed by atoms with van der Waals surface area (Å²) in [6.07, 6.45) is 1.55. The number of rotatable bonds is 4. The molecule has 0 aromatic carbocycles. The molecule has 0 aliphatic rings. The first-order chi connectivity index (χ1) is 7.41. The number of nitrogens with one attached hydrogen (secondary N) is 1. The highest BCUT2D eigenvalue weighted by atomic mass is 32.2. The second-order valence-corrected chi connectivity index (χ2v) is 5.18. The summed E-state index contributed by atoms with van der Waals surface area (Å²) in [4.78, 5) is 3.52. The van der Waals surface area contributed by atoms with Crippen LogP contribution in [-0.4, -0.2) is 27.2 Å². The summed E-state index contributed by atoms with van der Waals surface area (Å²) in [5, 5.41) is 2.48. The summed E-state index contributed by atoms with van der Waals surface area (Å²) < 4.78 is 37.0. The topological polar surface area (TPSA) is 68.0 Å². The monoisotopic (exact) mass is 249 g/mol. The van der Waals surface area contributed by atoms with Crippen molar-refractivity contribution in [1.82, 2.24) is 4.98 Å². The van der Waals surface area contributed by atoms with E-state index < -0.39 is 22.4 Å². The van der Waals surface area contributed by atoms with E-state index in [-0.39, 0.29) is 23.4 Å². The van der Waals surface area contributed by atoms with Gasteiger partial charge in [0.15, 0.2) is 23.3 Å². The number of nitrogens with zero attached hydrogens (tertiary/aromatic N) is 1. The third-order valence-electron chi connectivity index (χ3n) is 2.08. The molecule has 0 aliphatic carbocycles. The van der Waals surface area contributed by atoms with E-state index >= 15 is 0 Å². The quantitative estimate of drug-likeness (QED) is 0.839. The first-order valence-corrected chi connectivity index (χ1v) is 6.21. The summed E-state index contributed by atoms with van der Waals surface area (Å²) >= 11 is 0. The minimum Gasteiger partial charge on any atom is -0.381 e. The number of nitrogens with two attached hydrogens (primary N) is 1. The molecule has 2 unspecified atom stereocenters. The molecule has 2 atom stereocenters. The highest BCUT2D eigenvalue weighted by Crippen LogP contribution is 2.16. The van der Waals surface area contributed by atoms with Crippen molar-refractivity contribution in [3.8, 4) is 0 Å². The molecule has 90 valence electrons. The lowest BCUT2D eigenvalue weighted by Gasteiger charge is -2.11. The van der Waals surface area contributed by atoms with Crippen LogP contribution in [0.2, 0.25) is 0 Å². The van der Waals surface area contributed by atoms with Crippen LogP contribution < -0.4 is 11.1 Å². The maximum Gasteiger partial charge on any atom is 0.168 e. The van der Waals surface area contributed by atoms with Crippen LogP contribution in [0, 0.1) is 11.6 Å². The lowest BCUT2D eigenvalue weighted by atomic mass is 10.4. The largest absolute Gasteiger partial charge is 0.381 e. The molecule has 1 aromatic heterocycles. The van der Waals surface area contributed by atoms with E-state index in [1.807, 2.05) is 0 Å². The van der Waals surface area contributed by atoms with Crippen LogP contribution in [0.25, 0.3) is 0 Å². The number of pyridine rings is 1. The molecule has 1 aromatic rings. The second kappa shape index (κ2) is 5.20. The maximum atomic E-state index is 13.2. The van der Waals surface area contributed by atoms with Crippen LogP contribution in [0.3, 0.4) is 0 Å². The van der Waals surface area contributed by atoms with Crippen molar-refractivity contribution < 1.29 is 13.0 Å². The van der Waals surface area contributed by atoms with Crippen molar-refractivity contribution in [1.29, 1.82) is 0 Å². The summed E-state index contributed by atoms with van der Waals surface area (Å²) in [6, 6.07) is 0.665. The SMILES string of the molecule is CC(CNc1nc(N)c(F)cc1F)S(C)=O. The van der Waals surface area contributed by atoms with Crippen LogP contribution in [0.5, 0.6) is 0 Å². The molecular formula is C9H13F2N3OS. The maximum absolute atomic E-state index is 13.2. The molecule has 7 heteroatoms. The van der Waals surface area contributed by atoms with Crippen molar-refractivity contribution in [3.63, 3.8) is 0 Å². The van der Waals surface area contributed by atoms with Gasteiger partial charge in [0.05, 0.1) is 0 Å². The van der Waals surface area contributed by atoms with Gasteiger partial charge in [-0.25, -0.2) is 13.8 Å². The molecule has 1 heterocycles. The Balaban J connectivity index is 2.74. The number of hydrogen-bond donors (Lipinski definition) is 2. The van der Waals surface area contributed by atoms with Crippen molar-refractivity contribution in [2.45, 2.75) is 12.2 Å². The van der Waals surface area contributed by atoms with Crippen LogP contribution in [0.15, 0.2) is 6.07 Å². The van der Waals surface area contributed by atoms with Crippen molar-refractivity contribution in [2.24, 2.45) is 0 Å². The Morgan fingerprint density at radius 3 is 2.75 bits per heavy atom. The highest BCUT2D eigenvalue weighted by molar-refractivity contribution is 7.84. The van der Waals surface area contributed by atoms with Crippen molar-refractivity contribution >= 4 is 22.4 Å². The number of hydrogen-bond acceptors (Lipinski definition) is 4. The van der Waals surface area contributed by atoms with Crippen LogP contribution in [0.1, 0.15) is 6.92 Å². The Labute approximate surface area is 94.7 Å². The first-order valence-electron chi connectivity index (χ1n) is 4.59. The lowest BCUT2D eigenvalue weighted by Crippen LogP contribution is -2.22. The van der Waals surface area contributed by atoms with Crippen LogP contribution in [0.4, 0.5) is 20.4 Å². The molecule has 16 heavy (non-hydrogen) atoms. The molecule has 0 saturated carbocycles. The van der Waals surface area contributed by atoms with E-state index in [2.05, 4.69) is 10.3 Å². The molecule has 0 saturated heterocycles. The molecule has 4 nitrogen and oxygen atoms in total. The van der Waals surface area contributed by atoms with Gasteiger partial charge in [-0.2, -0.15) is 0 Å². The Morgan fingerprint density at radius 1 is 1.56 bits per heavy atom. The first kappa shape index (κ1) is 12.8. The zero-order chi connectivity index (χ0) is 12.3. The number of aromatic nitrogens is 1. The molecule has 1 rings (SSSR count). The summed E-state index contributed by atoms with van der Waals surface area (Å²) in [5.41, 5.74) is 5.20. The van der Waals surface area contributed by atoms with Gasteiger partial charge in [0.1, 0.15) is 0 Å². The van der Waals surface area contributed by atoms with Gasteiger partial charge in [-0.3, -0.25) is 4.21 Å². The molecule has 0 aliphatic heterocycles. The second-order valence-electron chi connectivity index (χ2n) is 3.38. The van der Waals surface area contributed by atoms with E-state index in [0.717, 1.165) is 0 Å².